The lowest BCUT2D eigenvalue weighted by Crippen LogP contribution is -2.43. The maximum atomic E-state index is 14.9. The summed E-state index contributed by atoms with van der Waals surface area (Å²) in [6.07, 6.45) is 9.91. The van der Waals surface area contributed by atoms with Gasteiger partial charge in [-0.25, -0.2) is 32.9 Å². The first-order chi connectivity index (χ1) is 36.3. The molecule has 8 heterocycles. The fourth-order valence-electron chi connectivity index (χ4n) is 9.59. The van der Waals surface area contributed by atoms with Crippen molar-refractivity contribution in [3.8, 4) is 11.4 Å². The van der Waals surface area contributed by atoms with E-state index in [-0.39, 0.29) is 61.6 Å². The summed E-state index contributed by atoms with van der Waals surface area (Å²) in [4.78, 5) is 32.7. The molecule has 0 saturated carbocycles. The number of ether oxygens (including phenoxy) is 1. The molecule has 392 valence electrons. The van der Waals surface area contributed by atoms with Gasteiger partial charge in [-0.1, -0.05) is 0 Å². The fourth-order valence-corrected chi connectivity index (χ4v) is 9.59. The zero-order valence-electron chi connectivity index (χ0n) is 42.1. The number of anilines is 4. The number of rotatable bonds is 14. The summed E-state index contributed by atoms with van der Waals surface area (Å²) in [6, 6.07) is 24.1. The van der Waals surface area contributed by atoms with Crippen molar-refractivity contribution in [3.63, 3.8) is 0 Å². The molecule has 2 saturated heterocycles. The third-order valence-corrected chi connectivity index (χ3v) is 13.6. The average Bonchev–Trinajstić information content (AvgIpc) is 4.12. The molecule has 0 aliphatic carbocycles. The van der Waals surface area contributed by atoms with Gasteiger partial charge in [0.15, 0.2) is 0 Å². The van der Waals surface area contributed by atoms with Crippen molar-refractivity contribution in [2.75, 3.05) is 50.0 Å². The molecular weight excluding hydrogens is 963 g/mol. The second-order valence-corrected chi connectivity index (χ2v) is 19.9. The van der Waals surface area contributed by atoms with E-state index in [0.29, 0.717) is 58.9 Å². The standard InChI is InChI=1S/C30H35FN6O4.C25H27FN6O2/c1-30(2,3)41-29(40)36-11-8-19(9-12-36)23(18-39)25-6-4-20-16-32-28(15-27(20)33-25)34-26-7-5-22(14-24(26)31)37-13-10-21(17-38)35-37;26-21-11-19(32-10-7-18(14-33)31-32)2-4-23(21)30-25-12-24-17(13-28-25)1-3-22(29-24)20(15-34)16-5-8-27-9-6-16/h4-7,10,13-16,19,23,38-39H,8-9,11-12,17-18H2,1-3H3,(H,32,34);1-4,7,10-13,16,20,27,33-34H,5-6,8-9,14-15H2,(H,28,30). The van der Waals surface area contributed by atoms with Gasteiger partial charge in [0, 0.05) is 96.1 Å². The highest BCUT2D eigenvalue weighted by atomic mass is 19.1. The van der Waals surface area contributed by atoms with Crippen molar-refractivity contribution >= 4 is 50.9 Å². The fraction of sp³-hybridized carbons (Fsp3) is 0.364. The van der Waals surface area contributed by atoms with E-state index in [9.17, 15) is 34.0 Å². The molecule has 6 aromatic heterocycles. The average molecular weight is 1030 g/mol. The van der Waals surface area contributed by atoms with Crippen LogP contribution in [0.3, 0.4) is 0 Å². The molecule has 0 bridgehead atoms. The molecular formula is C55H62F2N12O6. The highest BCUT2D eigenvalue weighted by Gasteiger charge is 2.32. The van der Waals surface area contributed by atoms with Gasteiger partial charge in [-0.15, -0.1) is 0 Å². The molecule has 0 radical (unpaired) electrons. The molecule has 7 N–H and O–H groups in total. The molecule has 8 aromatic rings. The van der Waals surface area contributed by atoms with E-state index in [1.807, 2.05) is 45.0 Å². The highest BCUT2D eigenvalue weighted by Crippen LogP contribution is 2.35. The van der Waals surface area contributed by atoms with E-state index >= 15 is 0 Å². The van der Waals surface area contributed by atoms with Crippen molar-refractivity contribution in [2.24, 2.45) is 11.8 Å². The van der Waals surface area contributed by atoms with Crippen LogP contribution in [0, 0.1) is 23.5 Å². The lowest BCUT2D eigenvalue weighted by atomic mass is 9.82. The first-order valence-corrected chi connectivity index (χ1v) is 25.2. The SMILES string of the molecule is CC(C)(C)OC(=O)N1CCC(C(CO)c2ccc3cnc(Nc4ccc(-n5ccc(CO)n5)cc4F)cc3n2)CC1.OCc1ccn(-c2ccc(Nc3cc4nc(C(CO)C5CCNCC5)ccc4cn3)c(F)c2)n1. The number of nitrogens with one attached hydrogen (secondary N) is 3. The van der Waals surface area contributed by atoms with Crippen molar-refractivity contribution in [1.29, 1.82) is 0 Å². The van der Waals surface area contributed by atoms with Crippen LogP contribution < -0.4 is 16.0 Å². The van der Waals surface area contributed by atoms with Crippen LogP contribution in [0.4, 0.5) is 36.6 Å². The second-order valence-electron chi connectivity index (χ2n) is 19.9. The summed E-state index contributed by atoms with van der Waals surface area (Å²) in [7, 11) is 0. The maximum absolute atomic E-state index is 14.9. The van der Waals surface area contributed by atoms with Crippen LogP contribution in [0.2, 0.25) is 0 Å². The minimum absolute atomic E-state index is 0.00490. The van der Waals surface area contributed by atoms with Gasteiger partial charge in [0.2, 0.25) is 0 Å². The summed E-state index contributed by atoms with van der Waals surface area (Å²) in [6.45, 7) is 8.25. The molecule has 75 heavy (non-hydrogen) atoms. The topological polar surface area (TPSA) is 234 Å². The molecule has 20 heteroatoms. The Morgan fingerprint density at radius 1 is 0.667 bits per heavy atom. The molecule has 2 aliphatic rings. The largest absolute Gasteiger partial charge is 0.444 e. The minimum atomic E-state index is -0.542. The van der Waals surface area contributed by atoms with Gasteiger partial charge < -0.3 is 46.0 Å². The second kappa shape index (κ2) is 23.4. The number of hydrogen-bond donors (Lipinski definition) is 7. The Hall–Kier alpha value is -7.49. The van der Waals surface area contributed by atoms with Crippen molar-refractivity contribution in [3.05, 3.63) is 144 Å². The van der Waals surface area contributed by atoms with Crippen LogP contribution in [-0.4, -0.2) is 116 Å². The first-order valence-electron chi connectivity index (χ1n) is 25.2. The van der Waals surface area contributed by atoms with Gasteiger partial charge in [-0.3, -0.25) is 9.97 Å². The number of likely N-dealkylation sites (tertiary alicyclic amines) is 1. The van der Waals surface area contributed by atoms with Gasteiger partial charge >= 0.3 is 6.09 Å². The zero-order valence-corrected chi connectivity index (χ0v) is 42.1. The third kappa shape index (κ3) is 12.7. The number of halogens is 2. The number of aliphatic hydroxyl groups excluding tert-OH is 4. The predicted octanol–water partition coefficient (Wildman–Crippen LogP) is 8.18. The van der Waals surface area contributed by atoms with Crippen LogP contribution in [-0.2, 0) is 18.0 Å². The van der Waals surface area contributed by atoms with Crippen molar-refractivity contribution < 1.29 is 38.7 Å². The lowest BCUT2D eigenvalue weighted by Gasteiger charge is -2.36. The Balaban J connectivity index is 0.000000187. The summed E-state index contributed by atoms with van der Waals surface area (Å²) in [5.41, 5.74) is 5.13. The van der Waals surface area contributed by atoms with E-state index in [1.165, 1.54) is 21.5 Å². The van der Waals surface area contributed by atoms with Crippen LogP contribution in [0.15, 0.2) is 110 Å². The Morgan fingerprint density at radius 2 is 1.13 bits per heavy atom. The Bertz CT molecular complexity index is 3240. The van der Waals surface area contributed by atoms with Gasteiger partial charge in [0.1, 0.15) is 28.9 Å². The molecule has 10 rings (SSSR count). The number of carbonyl (C=O) groups is 1. The number of pyridine rings is 4. The number of carbonyl (C=O) groups excluding carboxylic acids is 1. The van der Waals surface area contributed by atoms with E-state index < -0.39 is 17.2 Å². The number of benzene rings is 2. The molecule has 0 spiro atoms. The van der Waals surface area contributed by atoms with Crippen LogP contribution >= 0.6 is 0 Å². The van der Waals surface area contributed by atoms with Crippen LogP contribution in [0.25, 0.3) is 33.2 Å². The monoisotopic (exact) mass is 1020 g/mol. The molecule has 18 nitrogen and oxygen atoms in total. The van der Waals surface area contributed by atoms with Gasteiger partial charge in [0.05, 0.1) is 71.6 Å². The Kier molecular flexibility index (Phi) is 16.3. The van der Waals surface area contributed by atoms with E-state index in [1.54, 1.807) is 78.2 Å². The zero-order chi connectivity index (χ0) is 52.6. The third-order valence-electron chi connectivity index (χ3n) is 13.6. The molecule has 1 amide bonds. The quantitative estimate of drug-likeness (QED) is 0.0544. The number of nitrogens with zero attached hydrogens (tertiary/aromatic N) is 9. The van der Waals surface area contributed by atoms with Crippen molar-refractivity contribution in [2.45, 2.75) is 77.1 Å². The Labute approximate surface area is 432 Å². The maximum Gasteiger partial charge on any atom is 0.410 e. The smallest absolute Gasteiger partial charge is 0.410 e. The number of fused-ring (bicyclic) bond motifs is 2. The molecule has 2 fully saturated rings. The van der Waals surface area contributed by atoms with E-state index in [0.717, 1.165) is 66.4 Å². The summed E-state index contributed by atoms with van der Waals surface area (Å²) < 4.78 is 38.3. The van der Waals surface area contributed by atoms with E-state index in [2.05, 4.69) is 36.1 Å². The number of piperidine rings is 2. The summed E-state index contributed by atoms with van der Waals surface area (Å²) >= 11 is 0. The van der Waals surface area contributed by atoms with Gasteiger partial charge in [-0.2, -0.15) is 10.2 Å². The summed E-state index contributed by atoms with van der Waals surface area (Å²) in [5, 5.41) is 58.3. The molecule has 2 atom stereocenters. The van der Waals surface area contributed by atoms with Gasteiger partial charge in [-0.05, 0) is 132 Å². The highest BCUT2D eigenvalue weighted by molar-refractivity contribution is 5.82. The number of aliphatic hydroxyl groups is 4. The number of amides is 1. The van der Waals surface area contributed by atoms with Gasteiger partial charge in [0.25, 0.3) is 0 Å². The first kappa shape index (κ1) is 52.4. The van der Waals surface area contributed by atoms with Crippen LogP contribution in [0.5, 0.6) is 0 Å². The molecule has 2 aliphatic heterocycles. The minimum Gasteiger partial charge on any atom is -0.444 e. The number of aromatic nitrogens is 8. The van der Waals surface area contributed by atoms with Crippen molar-refractivity contribution in [1.82, 2.24) is 49.7 Å². The molecule has 2 aromatic carbocycles. The predicted molar refractivity (Wildman–Crippen MR) is 280 cm³/mol. The van der Waals surface area contributed by atoms with Crippen LogP contribution in [0.1, 0.15) is 81.1 Å². The Morgan fingerprint density at radius 3 is 1.55 bits per heavy atom. The van der Waals surface area contributed by atoms with E-state index in [4.69, 9.17) is 14.7 Å². The normalized spacial score (nSPS) is 15.3. The molecule has 2 unspecified atom stereocenters. The number of hydrogen-bond acceptors (Lipinski definition) is 15. The lowest BCUT2D eigenvalue weighted by molar-refractivity contribution is 0.0164. The summed E-state index contributed by atoms with van der Waals surface area (Å²) in [5.74, 6) is 0.358.